The smallest absolute Gasteiger partial charge is 0.261 e. The lowest BCUT2D eigenvalue weighted by Crippen LogP contribution is -2.23. The Morgan fingerprint density at radius 1 is 1.17 bits per heavy atom. The molecule has 1 N–H and O–H groups in total. The molecule has 1 saturated heterocycles. The minimum absolute atomic E-state index is 0.138. The number of sulfonamides is 1. The third-order valence-electron chi connectivity index (χ3n) is 5.13. The van der Waals surface area contributed by atoms with Crippen LogP contribution in [0.15, 0.2) is 53.4 Å². The molecule has 1 unspecified atom stereocenters. The van der Waals surface area contributed by atoms with Crippen molar-refractivity contribution in [1.29, 1.82) is 0 Å². The summed E-state index contributed by atoms with van der Waals surface area (Å²) < 4.78 is 36.0. The fourth-order valence-corrected chi connectivity index (χ4v) is 4.83. The van der Waals surface area contributed by atoms with Gasteiger partial charge in [-0.25, -0.2) is 13.4 Å². The van der Waals surface area contributed by atoms with Crippen molar-refractivity contribution in [3.05, 3.63) is 54.4 Å². The zero-order chi connectivity index (χ0) is 20.6. The van der Waals surface area contributed by atoms with Gasteiger partial charge < -0.3 is 9.30 Å². The third-order valence-corrected chi connectivity index (χ3v) is 6.53. The fraction of sp³-hybridized carbons (Fsp3) is 0.409. The second kappa shape index (κ2) is 7.46. The van der Waals surface area contributed by atoms with Crippen molar-refractivity contribution in [2.24, 2.45) is 0 Å². The molecule has 0 radical (unpaired) electrons. The van der Waals surface area contributed by atoms with Gasteiger partial charge in [-0.3, -0.25) is 4.72 Å². The van der Waals surface area contributed by atoms with Crippen LogP contribution in [-0.2, 0) is 26.7 Å². The van der Waals surface area contributed by atoms with Crippen molar-refractivity contribution in [2.45, 2.75) is 56.6 Å². The maximum atomic E-state index is 12.6. The number of anilines is 1. The number of hydrogen-bond acceptors (Lipinski definition) is 4. The zero-order valence-corrected chi connectivity index (χ0v) is 17.9. The highest BCUT2D eigenvalue weighted by molar-refractivity contribution is 7.92. The topological polar surface area (TPSA) is 73.2 Å². The van der Waals surface area contributed by atoms with Crippen LogP contribution >= 0.6 is 0 Å². The SMILES string of the molecule is CC(C)(C)c1nc2cc(NS(=O)(=O)c3ccccc3)ccc2n1CC1CCCO1. The lowest BCUT2D eigenvalue weighted by atomic mass is 9.95. The van der Waals surface area contributed by atoms with E-state index in [1.54, 1.807) is 42.5 Å². The van der Waals surface area contributed by atoms with Gasteiger partial charge in [-0.1, -0.05) is 39.0 Å². The van der Waals surface area contributed by atoms with Crippen LogP contribution < -0.4 is 4.72 Å². The highest BCUT2D eigenvalue weighted by Crippen LogP contribution is 2.30. The van der Waals surface area contributed by atoms with Crippen LogP contribution in [0.2, 0.25) is 0 Å². The molecule has 6 nitrogen and oxygen atoms in total. The van der Waals surface area contributed by atoms with E-state index in [9.17, 15) is 8.42 Å². The van der Waals surface area contributed by atoms with Gasteiger partial charge in [0.1, 0.15) is 5.82 Å². The Hall–Kier alpha value is -2.38. The average molecular weight is 414 g/mol. The normalized spacial score (nSPS) is 17.7. The van der Waals surface area contributed by atoms with Crippen molar-refractivity contribution < 1.29 is 13.2 Å². The van der Waals surface area contributed by atoms with Crippen molar-refractivity contribution in [1.82, 2.24) is 9.55 Å². The summed E-state index contributed by atoms with van der Waals surface area (Å²) in [5.74, 6) is 0.978. The highest BCUT2D eigenvalue weighted by Gasteiger charge is 2.26. The van der Waals surface area contributed by atoms with E-state index >= 15 is 0 Å². The molecule has 1 aliphatic heterocycles. The first-order valence-corrected chi connectivity index (χ1v) is 11.4. The molecule has 4 rings (SSSR count). The van der Waals surface area contributed by atoms with E-state index < -0.39 is 10.0 Å². The Bertz CT molecular complexity index is 1110. The van der Waals surface area contributed by atoms with Gasteiger partial charge in [-0.15, -0.1) is 0 Å². The summed E-state index contributed by atoms with van der Waals surface area (Å²) in [4.78, 5) is 5.10. The molecule has 29 heavy (non-hydrogen) atoms. The Labute approximate surface area is 172 Å². The highest BCUT2D eigenvalue weighted by atomic mass is 32.2. The molecule has 0 aliphatic carbocycles. The number of fused-ring (bicyclic) bond motifs is 1. The minimum atomic E-state index is -3.64. The standard InChI is InChI=1S/C22H27N3O3S/c1-22(2,3)21-23-19-14-16(24-29(26,27)18-9-5-4-6-10-18)11-12-20(19)25(21)15-17-8-7-13-28-17/h4-6,9-12,14,17,24H,7-8,13,15H2,1-3H3. The quantitative estimate of drug-likeness (QED) is 0.676. The molecule has 0 bridgehead atoms. The second-order valence-corrected chi connectivity index (χ2v) is 10.2. The molecule has 154 valence electrons. The van der Waals surface area contributed by atoms with Crippen LogP contribution in [0.3, 0.4) is 0 Å². The van der Waals surface area contributed by atoms with Gasteiger partial charge >= 0.3 is 0 Å². The lowest BCUT2D eigenvalue weighted by molar-refractivity contribution is 0.0965. The molecule has 3 aromatic rings. The van der Waals surface area contributed by atoms with Gasteiger partial charge in [0.05, 0.1) is 34.3 Å². The Morgan fingerprint density at radius 2 is 1.93 bits per heavy atom. The molecular formula is C22H27N3O3S. The summed E-state index contributed by atoms with van der Waals surface area (Å²) in [7, 11) is -3.64. The van der Waals surface area contributed by atoms with E-state index in [1.165, 1.54) is 0 Å². The van der Waals surface area contributed by atoms with Gasteiger partial charge in [0.2, 0.25) is 0 Å². The van der Waals surface area contributed by atoms with Crippen LogP contribution in [-0.4, -0.2) is 30.7 Å². The number of imidazole rings is 1. The number of nitrogens with zero attached hydrogens (tertiary/aromatic N) is 2. The summed E-state index contributed by atoms with van der Waals surface area (Å²) >= 11 is 0. The Kier molecular flexibility index (Phi) is 5.12. The molecule has 0 amide bonds. The summed E-state index contributed by atoms with van der Waals surface area (Å²) in [6.45, 7) is 7.99. The molecule has 7 heteroatoms. The van der Waals surface area contributed by atoms with Gasteiger partial charge in [-0.2, -0.15) is 0 Å². The molecule has 1 aromatic heterocycles. The molecule has 1 atom stereocenters. The maximum absolute atomic E-state index is 12.6. The van der Waals surface area contributed by atoms with Crippen LogP contribution in [0.5, 0.6) is 0 Å². The summed E-state index contributed by atoms with van der Waals surface area (Å²) in [5.41, 5.74) is 2.14. The van der Waals surface area contributed by atoms with E-state index in [-0.39, 0.29) is 16.4 Å². The van der Waals surface area contributed by atoms with Crippen LogP contribution in [0.1, 0.15) is 39.4 Å². The fourth-order valence-electron chi connectivity index (χ4n) is 3.76. The molecule has 0 saturated carbocycles. The number of ether oxygens (including phenoxy) is 1. The monoisotopic (exact) mass is 413 g/mol. The Balaban J connectivity index is 1.71. The van der Waals surface area contributed by atoms with E-state index in [2.05, 4.69) is 30.1 Å². The lowest BCUT2D eigenvalue weighted by Gasteiger charge is -2.22. The predicted molar refractivity (Wildman–Crippen MR) is 115 cm³/mol. The minimum Gasteiger partial charge on any atom is -0.376 e. The predicted octanol–water partition coefficient (Wildman–Crippen LogP) is 4.31. The Morgan fingerprint density at radius 3 is 2.59 bits per heavy atom. The summed E-state index contributed by atoms with van der Waals surface area (Å²) in [6.07, 6.45) is 2.34. The van der Waals surface area contributed by atoms with Gasteiger partial charge in [-0.05, 0) is 43.2 Å². The number of aromatic nitrogens is 2. The van der Waals surface area contributed by atoms with E-state index in [0.717, 1.165) is 42.9 Å². The summed E-state index contributed by atoms with van der Waals surface area (Å²) in [6, 6.07) is 13.9. The zero-order valence-electron chi connectivity index (χ0n) is 17.1. The molecule has 1 aliphatic rings. The molecule has 1 fully saturated rings. The number of nitrogens with one attached hydrogen (secondary N) is 1. The largest absolute Gasteiger partial charge is 0.376 e. The van der Waals surface area contributed by atoms with Crippen molar-refractivity contribution >= 4 is 26.7 Å². The van der Waals surface area contributed by atoms with Crippen molar-refractivity contribution in [3.8, 4) is 0 Å². The van der Waals surface area contributed by atoms with Gasteiger partial charge in [0, 0.05) is 12.0 Å². The van der Waals surface area contributed by atoms with Crippen LogP contribution in [0, 0.1) is 0 Å². The van der Waals surface area contributed by atoms with Gasteiger partial charge in [0.15, 0.2) is 0 Å². The molecule has 0 spiro atoms. The second-order valence-electron chi connectivity index (χ2n) is 8.55. The first-order valence-electron chi connectivity index (χ1n) is 9.94. The van der Waals surface area contributed by atoms with E-state index in [1.807, 2.05) is 6.07 Å². The number of hydrogen-bond donors (Lipinski definition) is 1. The summed E-state index contributed by atoms with van der Waals surface area (Å²) in [5, 5.41) is 0. The van der Waals surface area contributed by atoms with E-state index in [4.69, 9.17) is 9.72 Å². The average Bonchev–Trinajstić information content (AvgIpc) is 3.30. The van der Waals surface area contributed by atoms with Crippen LogP contribution in [0.25, 0.3) is 11.0 Å². The first kappa shape index (κ1) is 19.9. The molecule has 2 heterocycles. The van der Waals surface area contributed by atoms with Crippen molar-refractivity contribution in [3.63, 3.8) is 0 Å². The first-order chi connectivity index (χ1) is 13.7. The van der Waals surface area contributed by atoms with Gasteiger partial charge in [0.25, 0.3) is 10.0 Å². The van der Waals surface area contributed by atoms with Crippen LogP contribution in [0.4, 0.5) is 5.69 Å². The van der Waals surface area contributed by atoms with Crippen molar-refractivity contribution in [2.75, 3.05) is 11.3 Å². The number of rotatable bonds is 5. The number of benzene rings is 2. The third kappa shape index (κ3) is 4.16. The maximum Gasteiger partial charge on any atom is 0.261 e. The molecule has 2 aromatic carbocycles. The van der Waals surface area contributed by atoms with E-state index in [0.29, 0.717) is 5.69 Å². The molecular weight excluding hydrogens is 386 g/mol.